The Morgan fingerprint density at radius 1 is 1.08 bits per heavy atom. The number of rotatable bonds is 7. The monoisotopic (exact) mass is 370 g/mol. The van der Waals surface area contributed by atoms with E-state index in [9.17, 15) is 0 Å². The Balaban J connectivity index is 1.80. The highest BCUT2D eigenvalue weighted by Crippen LogP contribution is 2.25. The third-order valence-electron chi connectivity index (χ3n) is 4.20. The molecule has 0 aliphatic heterocycles. The molecule has 0 atom stereocenters. The molecule has 138 valence electrons. The van der Waals surface area contributed by atoms with Crippen LogP contribution in [0.4, 0.5) is 0 Å². The molecule has 0 fully saturated rings. The molecule has 0 saturated heterocycles. The third-order valence-corrected chi connectivity index (χ3v) is 5.06. The SMILES string of the molecule is COc1ccccc1CN(Cc1ncc(C(C)(C)C)o1)Cc1cccs1. The van der Waals surface area contributed by atoms with Crippen LogP contribution in [0.2, 0.25) is 0 Å². The standard InChI is InChI=1S/C21H26N2O2S/c1-21(2,3)19-12-22-20(25-19)15-23(14-17-9-7-11-26-17)13-16-8-5-6-10-18(16)24-4/h5-12H,13-15H2,1-4H3. The average Bonchev–Trinajstić information content (AvgIpc) is 3.27. The fraction of sp³-hybridized carbons (Fsp3) is 0.381. The number of benzene rings is 1. The zero-order valence-corrected chi connectivity index (χ0v) is 16.7. The molecule has 0 aliphatic carbocycles. The minimum atomic E-state index is -0.0352. The van der Waals surface area contributed by atoms with Crippen molar-refractivity contribution in [2.24, 2.45) is 0 Å². The van der Waals surface area contributed by atoms with Crippen LogP contribution in [0.5, 0.6) is 5.75 Å². The molecular formula is C21H26N2O2S. The number of nitrogens with zero attached hydrogens (tertiary/aromatic N) is 2. The van der Waals surface area contributed by atoms with Gasteiger partial charge in [0, 0.05) is 28.9 Å². The van der Waals surface area contributed by atoms with Gasteiger partial charge in [0.2, 0.25) is 5.89 Å². The molecule has 0 bridgehead atoms. The Hall–Kier alpha value is -2.11. The van der Waals surface area contributed by atoms with E-state index in [4.69, 9.17) is 9.15 Å². The first-order valence-electron chi connectivity index (χ1n) is 8.77. The summed E-state index contributed by atoms with van der Waals surface area (Å²) in [5, 5.41) is 2.11. The molecule has 0 aliphatic rings. The number of aromatic nitrogens is 1. The molecule has 2 heterocycles. The van der Waals surface area contributed by atoms with Crippen molar-refractivity contribution in [2.45, 2.75) is 45.8 Å². The van der Waals surface area contributed by atoms with E-state index in [1.165, 1.54) is 4.88 Å². The van der Waals surface area contributed by atoms with E-state index in [0.717, 1.165) is 36.1 Å². The van der Waals surface area contributed by atoms with E-state index in [-0.39, 0.29) is 5.41 Å². The highest BCUT2D eigenvalue weighted by Gasteiger charge is 2.20. The number of hydrogen-bond acceptors (Lipinski definition) is 5. The Morgan fingerprint density at radius 3 is 2.54 bits per heavy atom. The first kappa shape index (κ1) is 18.7. The molecule has 4 nitrogen and oxygen atoms in total. The van der Waals surface area contributed by atoms with Crippen LogP contribution in [0.1, 0.15) is 42.9 Å². The number of ether oxygens (including phenoxy) is 1. The van der Waals surface area contributed by atoms with Gasteiger partial charge in [-0.2, -0.15) is 0 Å². The van der Waals surface area contributed by atoms with E-state index in [1.807, 2.05) is 24.4 Å². The summed E-state index contributed by atoms with van der Waals surface area (Å²) in [7, 11) is 1.71. The predicted molar refractivity (Wildman–Crippen MR) is 105 cm³/mol. The lowest BCUT2D eigenvalue weighted by molar-refractivity contribution is 0.216. The van der Waals surface area contributed by atoms with Gasteiger partial charge in [-0.3, -0.25) is 4.90 Å². The van der Waals surface area contributed by atoms with Crippen molar-refractivity contribution in [3.05, 3.63) is 70.1 Å². The lowest BCUT2D eigenvalue weighted by Crippen LogP contribution is -2.22. The second-order valence-corrected chi connectivity index (χ2v) is 8.44. The Kier molecular flexibility index (Phi) is 5.79. The molecule has 1 aromatic carbocycles. The average molecular weight is 371 g/mol. The number of thiophene rings is 1. The topological polar surface area (TPSA) is 38.5 Å². The van der Waals surface area contributed by atoms with Gasteiger partial charge >= 0.3 is 0 Å². The summed E-state index contributed by atoms with van der Waals surface area (Å²) >= 11 is 1.77. The summed E-state index contributed by atoms with van der Waals surface area (Å²) in [6.45, 7) is 8.69. The summed E-state index contributed by atoms with van der Waals surface area (Å²) in [5.74, 6) is 2.58. The number of methoxy groups -OCH3 is 1. The van der Waals surface area contributed by atoms with Gasteiger partial charge < -0.3 is 9.15 Å². The zero-order valence-electron chi connectivity index (χ0n) is 15.9. The maximum absolute atomic E-state index is 6.01. The van der Waals surface area contributed by atoms with Crippen LogP contribution >= 0.6 is 11.3 Å². The molecule has 0 saturated carbocycles. The summed E-state index contributed by atoms with van der Waals surface area (Å²) < 4.78 is 11.5. The summed E-state index contributed by atoms with van der Waals surface area (Å²) in [6, 6.07) is 12.4. The van der Waals surface area contributed by atoms with Crippen LogP contribution in [0.15, 0.2) is 52.4 Å². The van der Waals surface area contributed by atoms with Crippen LogP contribution in [-0.2, 0) is 25.0 Å². The normalized spacial score (nSPS) is 11.9. The Bertz CT molecular complexity index is 819. The van der Waals surface area contributed by atoms with E-state index in [1.54, 1.807) is 18.4 Å². The van der Waals surface area contributed by atoms with Gasteiger partial charge in [-0.25, -0.2) is 4.98 Å². The molecule has 0 spiro atoms. The summed E-state index contributed by atoms with van der Waals surface area (Å²) in [4.78, 5) is 8.16. The van der Waals surface area contributed by atoms with Gasteiger partial charge in [0.05, 0.1) is 19.9 Å². The predicted octanol–water partition coefficient (Wildman–Crippen LogP) is 5.24. The Labute approximate surface area is 159 Å². The summed E-state index contributed by atoms with van der Waals surface area (Å²) in [5.41, 5.74) is 1.13. The first-order valence-corrected chi connectivity index (χ1v) is 9.65. The fourth-order valence-electron chi connectivity index (χ4n) is 2.79. The van der Waals surface area contributed by atoms with Crippen LogP contribution in [0, 0.1) is 0 Å². The molecule has 0 N–H and O–H groups in total. The van der Waals surface area contributed by atoms with Gasteiger partial charge in [-0.1, -0.05) is 45.0 Å². The smallest absolute Gasteiger partial charge is 0.208 e. The molecule has 26 heavy (non-hydrogen) atoms. The number of oxazole rings is 1. The van der Waals surface area contributed by atoms with Crippen LogP contribution in [0.3, 0.4) is 0 Å². The third kappa shape index (κ3) is 4.74. The highest BCUT2D eigenvalue weighted by molar-refractivity contribution is 7.09. The van der Waals surface area contributed by atoms with Gasteiger partial charge in [-0.15, -0.1) is 11.3 Å². The van der Waals surface area contributed by atoms with Gasteiger partial charge in [0.25, 0.3) is 0 Å². The second kappa shape index (κ2) is 8.06. The molecule has 3 rings (SSSR count). The van der Waals surface area contributed by atoms with Crippen molar-refractivity contribution in [3.8, 4) is 5.75 Å². The minimum absolute atomic E-state index is 0.0352. The van der Waals surface area contributed by atoms with Gasteiger partial charge in [0.1, 0.15) is 11.5 Å². The lowest BCUT2D eigenvalue weighted by Gasteiger charge is -2.21. The van der Waals surface area contributed by atoms with E-state index in [0.29, 0.717) is 6.54 Å². The maximum Gasteiger partial charge on any atom is 0.208 e. The Morgan fingerprint density at radius 2 is 1.88 bits per heavy atom. The molecule has 2 aromatic heterocycles. The molecule has 0 unspecified atom stereocenters. The van der Waals surface area contributed by atoms with Crippen molar-refractivity contribution in [2.75, 3.05) is 7.11 Å². The van der Waals surface area contributed by atoms with Crippen LogP contribution < -0.4 is 4.74 Å². The van der Waals surface area contributed by atoms with Crippen LogP contribution in [0.25, 0.3) is 0 Å². The fourth-order valence-corrected chi connectivity index (χ4v) is 3.53. The lowest BCUT2D eigenvalue weighted by atomic mass is 9.94. The highest BCUT2D eigenvalue weighted by atomic mass is 32.1. The van der Waals surface area contributed by atoms with E-state index >= 15 is 0 Å². The van der Waals surface area contributed by atoms with Crippen molar-refractivity contribution in [3.63, 3.8) is 0 Å². The molecule has 3 aromatic rings. The molecule has 0 amide bonds. The van der Waals surface area contributed by atoms with Crippen molar-refractivity contribution in [1.29, 1.82) is 0 Å². The van der Waals surface area contributed by atoms with E-state index in [2.05, 4.69) is 54.2 Å². The van der Waals surface area contributed by atoms with Crippen molar-refractivity contribution in [1.82, 2.24) is 9.88 Å². The van der Waals surface area contributed by atoms with Crippen molar-refractivity contribution >= 4 is 11.3 Å². The van der Waals surface area contributed by atoms with E-state index < -0.39 is 0 Å². The summed E-state index contributed by atoms with van der Waals surface area (Å²) in [6.07, 6.45) is 1.85. The quantitative estimate of drug-likeness (QED) is 0.570. The minimum Gasteiger partial charge on any atom is -0.496 e. The zero-order chi connectivity index (χ0) is 18.6. The van der Waals surface area contributed by atoms with Gasteiger partial charge in [0.15, 0.2) is 0 Å². The molecular weight excluding hydrogens is 344 g/mol. The second-order valence-electron chi connectivity index (χ2n) is 7.40. The van der Waals surface area contributed by atoms with Gasteiger partial charge in [-0.05, 0) is 17.5 Å². The van der Waals surface area contributed by atoms with Crippen molar-refractivity contribution < 1.29 is 9.15 Å². The molecule has 0 radical (unpaired) electrons. The number of hydrogen-bond donors (Lipinski definition) is 0. The molecule has 5 heteroatoms. The first-order chi connectivity index (χ1) is 12.5. The van der Waals surface area contributed by atoms with Crippen LogP contribution in [-0.4, -0.2) is 17.0 Å². The largest absolute Gasteiger partial charge is 0.496 e. The number of para-hydroxylation sites is 1. The maximum atomic E-state index is 6.01.